The highest BCUT2D eigenvalue weighted by Gasteiger charge is 2.27. The molecular formula is C14H18N2. The topological polar surface area (TPSA) is 27.0 Å². The Labute approximate surface area is 97.5 Å². The lowest BCUT2D eigenvalue weighted by molar-refractivity contribution is 0.625. The van der Waals surface area contributed by atoms with Gasteiger partial charge in [0.1, 0.15) is 6.07 Å². The van der Waals surface area contributed by atoms with Gasteiger partial charge in [0.15, 0.2) is 0 Å². The number of nitriles is 1. The van der Waals surface area contributed by atoms with Gasteiger partial charge in [0.2, 0.25) is 0 Å². The highest BCUT2D eigenvalue weighted by molar-refractivity contribution is 5.61. The highest BCUT2D eigenvalue weighted by Crippen LogP contribution is 2.31. The summed E-state index contributed by atoms with van der Waals surface area (Å²) in [6.45, 7) is 7.61. The molecule has 1 aromatic rings. The zero-order chi connectivity index (χ0) is 11.7. The molecule has 0 bridgehead atoms. The summed E-state index contributed by atoms with van der Waals surface area (Å²) in [5.74, 6) is 0.725. The Morgan fingerprint density at radius 3 is 2.69 bits per heavy atom. The van der Waals surface area contributed by atoms with E-state index in [9.17, 15) is 5.26 Å². The van der Waals surface area contributed by atoms with E-state index in [0.29, 0.717) is 6.04 Å². The minimum absolute atomic E-state index is 0.546. The maximum atomic E-state index is 9.18. The largest absolute Gasteiger partial charge is 0.367 e. The van der Waals surface area contributed by atoms with Gasteiger partial charge in [-0.1, -0.05) is 13.0 Å². The van der Waals surface area contributed by atoms with E-state index in [4.69, 9.17) is 0 Å². The van der Waals surface area contributed by atoms with Gasteiger partial charge in [-0.3, -0.25) is 0 Å². The van der Waals surface area contributed by atoms with E-state index in [1.54, 1.807) is 0 Å². The molecule has 0 aliphatic carbocycles. The van der Waals surface area contributed by atoms with Gasteiger partial charge in [-0.25, -0.2) is 0 Å². The lowest BCUT2D eigenvalue weighted by atomic mass is 10.1. The molecular weight excluding hydrogens is 196 g/mol. The molecule has 1 heterocycles. The fourth-order valence-electron chi connectivity index (χ4n) is 2.63. The first-order chi connectivity index (χ1) is 7.61. The molecule has 1 aliphatic rings. The van der Waals surface area contributed by atoms with Crippen molar-refractivity contribution in [2.75, 3.05) is 11.4 Å². The summed E-state index contributed by atoms with van der Waals surface area (Å²) in [5.41, 5.74) is 3.06. The van der Waals surface area contributed by atoms with E-state index in [2.05, 4.69) is 36.9 Å². The van der Waals surface area contributed by atoms with Crippen molar-refractivity contribution in [2.24, 2.45) is 5.92 Å². The van der Waals surface area contributed by atoms with Gasteiger partial charge in [-0.15, -0.1) is 0 Å². The molecule has 1 saturated heterocycles. The third-order valence-corrected chi connectivity index (χ3v) is 3.37. The summed E-state index contributed by atoms with van der Waals surface area (Å²) in [6.07, 6.45) is 1.22. The van der Waals surface area contributed by atoms with Crippen molar-refractivity contribution in [2.45, 2.75) is 33.2 Å². The first-order valence-corrected chi connectivity index (χ1v) is 5.89. The Morgan fingerprint density at radius 2 is 2.12 bits per heavy atom. The average Bonchev–Trinajstić information content (AvgIpc) is 2.57. The first-order valence-electron chi connectivity index (χ1n) is 5.89. The van der Waals surface area contributed by atoms with Crippen LogP contribution in [0.5, 0.6) is 0 Å². The summed E-state index contributed by atoms with van der Waals surface area (Å²) < 4.78 is 0. The molecule has 0 amide bonds. The van der Waals surface area contributed by atoms with Crippen LogP contribution in [-0.4, -0.2) is 12.6 Å². The van der Waals surface area contributed by atoms with Gasteiger partial charge in [0, 0.05) is 12.6 Å². The van der Waals surface area contributed by atoms with Gasteiger partial charge in [-0.2, -0.15) is 5.26 Å². The van der Waals surface area contributed by atoms with Crippen molar-refractivity contribution in [3.8, 4) is 6.07 Å². The predicted molar refractivity (Wildman–Crippen MR) is 66.5 cm³/mol. The Balaban J connectivity index is 2.37. The highest BCUT2D eigenvalue weighted by atomic mass is 15.2. The summed E-state index contributed by atoms with van der Waals surface area (Å²) in [6, 6.07) is 9.01. The van der Waals surface area contributed by atoms with Crippen LogP contribution in [0.2, 0.25) is 0 Å². The second-order valence-electron chi connectivity index (χ2n) is 4.97. The van der Waals surface area contributed by atoms with Crippen molar-refractivity contribution < 1.29 is 0 Å². The maximum Gasteiger partial charge on any atom is 0.101 e. The SMILES string of the molecule is Cc1ccc(N2CC(C)CC2C)c(C#N)c1. The number of hydrogen-bond acceptors (Lipinski definition) is 2. The van der Waals surface area contributed by atoms with Crippen LogP contribution in [0.25, 0.3) is 0 Å². The molecule has 16 heavy (non-hydrogen) atoms. The Bertz CT molecular complexity index is 431. The third-order valence-electron chi connectivity index (χ3n) is 3.37. The Kier molecular flexibility index (Phi) is 2.87. The van der Waals surface area contributed by atoms with Crippen LogP contribution >= 0.6 is 0 Å². The second-order valence-corrected chi connectivity index (χ2v) is 4.97. The summed E-state index contributed by atoms with van der Waals surface area (Å²) in [4.78, 5) is 2.36. The van der Waals surface area contributed by atoms with Crippen molar-refractivity contribution in [3.63, 3.8) is 0 Å². The summed E-state index contributed by atoms with van der Waals surface area (Å²) in [5, 5.41) is 9.18. The van der Waals surface area contributed by atoms with Gasteiger partial charge in [0.05, 0.1) is 11.3 Å². The molecule has 84 valence electrons. The lowest BCUT2D eigenvalue weighted by Crippen LogP contribution is -2.27. The molecule has 2 nitrogen and oxygen atoms in total. The van der Waals surface area contributed by atoms with Gasteiger partial charge in [0.25, 0.3) is 0 Å². The molecule has 2 heteroatoms. The van der Waals surface area contributed by atoms with Crippen LogP contribution in [-0.2, 0) is 0 Å². The standard InChI is InChI=1S/C14H18N2/c1-10-4-5-14(13(7-10)8-15)16-9-11(2)6-12(16)3/h4-5,7,11-12H,6,9H2,1-3H3. The fraction of sp³-hybridized carbons (Fsp3) is 0.500. The normalized spacial score (nSPS) is 24.5. The van der Waals surface area contributed by atoms with Crippen LogP contribution in [0.3, 0.4) is 0 Å². The van der Waals surface area contributed by atoms with Gasteiger partial charge in [-0.05, 0) is 43.9 Å². The quantitative estimate of drug-likeness (QED) is 0.718. The molecule has 2 atom stereocenters. The molecule has 1 aromatic carbocycles. The number of aryl methyl sites for hydroxylation is 1. The number of rotatable bonds is 1. The molecule has 2 rings (SSSR count). The number of nitrogens with zero attached hydrogens (tertiary/aromatic N) is 2. The Morgan fingerprint density at radius 1 is 1.38 bits per heavy atom. The van der Waals surface area contributed by atoms with Crippen LogP contribution in [0.1, 0.15) is 31.4 Å². The fourth-order valence-corrected chi connectivity index (χ4v) is 2.63. The van der Waals surface area contributed by atoms with Crippen molar-refractivity contribution >= 4 is 5.69 Å². The summed E-state index contributed by atoms with van der Waals surface area (Å²) in [7, 11) is 0. The van der Waals surface area contributed by atoms with E-state index >= 15 is 0 Å². The molecule has 0 radical (unpaired) electrons. The van der Waals surface area contributed by atoms with Gasteiger partial charge >= 0.3 is 0 Å². The first kappa shape index (κ1) is 11.0. The van der Waals surface area contributed by atoms with Crippen molar-refractivity contribution in [1.29, 1.82) is 5.26 Å². The third kappa shape index (κ3) is 1.90. The zero-order valence-electron chi connectivity index (χ0n) is 10.2. The molecule has 0 aromatic heterocycles. The minimum atomic E-state index is 0.546. The van der Waals surface area contributed by atoms with E-state index in [1.807, 2.05) is 13.0 Å². The second kappa shape index (κ2) is 4.17. The van der Waals surface area contributed by atoms with E-state index < -0.39 is 0 Å². The van der Waals surface area contributed by atoms with Crippen LogP contribution < -0.4 is 4.90 Å². The van der Waals surface area contributed by atoms with Crippen LogP contribution in [0.15, 0.2) is 18.2 Å². The number of anilines is 1. The van der Waals surface area contributed by atoms with Crippen molar-refractivity contribution in [1.82, 2.24) is 0 Å². The van der Waals surface area contributed by atoms with Crippen LogP contribution in [0, 0.1) is 24.2 Å². The van der Waals surface area contributed by atoms with Crippen LogP contribution in [0.4, 0.5) is 5.69 Å². The van der Waals surface area contributed by atoms with Crippen molar-refractivity contribution in [3.05, 3.63) is 29.3 Å². The van der Waals surface area contributed by atoms with Gasteiger partial charge < -0.3 is 4.90 Å². The van der Waals surface area contributed by atoms with E-state index in [1.165, 1.54) is 6.42 Å². The number of benzene rings is 1. The molecule has 0 N–H and O–H groups in total. The number of hydrogen-bond donors (Lipinski definition) is 0. The summed E-state index contributed by atoms with van der Waals surface area (Å²) >= 11 is 0. The molecule has 2 unspecified atom stereocenters. The molecule has 0 spiro atoms. The molecule has 1 aliphatic heterocycles. The average molecular weight is 214 g/mol. The smallest absolute Gasteiger partial charge is 0.101 e. The Hall–Kier alpha value is -1.49. The maximum absolute atomic E-state index is 9.18. The monoisotopic (exact) mass is 214 g/mol. The molecule has 1 fully saturated rings. The zero-order valence-corrected chi connectivity index (χ0v) is 10.2. The van der Waals surface area contributed by atoms with E-state index in [0.717, 1.165) is 29.3 Å². The minimum Gasteiger partial charge on any atom is -0.367 e. The van der Waals surface area contributed by atoms with E-state index in [-0.39, 0.29) is 0 Å². The predicted octanol–water partition coefficient (Wildman–Crippen LogP) is 3.10. The lowest BCUT2D eigenvalue weighted by Gasteiger charge is -2.25. The molecule has 0 saturated carbocycles.